The Labute approximate surface area is 155 Å². The molecule has 1 aliphatic heterocycles. The smallest absolute Gasteiger partial charge is 0.224 e. The van der Waals surface area contributed by atoms with Crippen molar-refractivity contribution in [3.8, 4) is 0 Å². The highest BCUT2D eigenvalue weighted by molar-refractivity contribution is 6.30. The van der Waals surface area contributed by atoms with E-state index >= 15 is 0 Å². The number of carbonyl (C=O) groups excluding carboxylic acids is 1. The summed E-state index contributed by atoms with van der Waals surface area (Å²) in [5.74, 6) is 0.232. The number of rotatable bonds is 5. The third-order valence-electron chi connectivity index (χ3n) is 4.89. The van der Waals surface area contributed by atoms with Gasteiger partial charge in [-0.2, -0.15) is 0 Å². The van der Waals surface area contributed by atoms with Crippen LogP contribution in [0.5, 0.6) is 0 Å². The van der Waals surface area contributed by atoms with E-state index in [1.165, 1.54) is 16.7 Å². The van der Waals surface area contributed by atoms with Gasteiger partial charge in [0.1, 0.15) is 0 Å². The van der Waals surface area contributed by atoms with Crippen molar-refractivity contribution in [3.05, 3.63) is 70.2 Å². The number of hydrogen-bond acceptors (Lipinski definition) is 2. The van der Waals surface area contributed by atoms with E-state index in [4.69, 9.17) is 11.6 Å². The number of halogens is 1. The van der Waals surface area contributed by atoms with Gasteiger partial charge in [0, 0.05) is 24.7 Å². The molecule has 2 aromatic rings. The van der Waals surface area contributed by atoms with Gasteiger partial charge in [-0.25, -0.2) is 0 Å². The Hall–Kier alpha value is -1.84. The maximum absolute atomic E-state index is 12.6. The van der Waals surface area contributed by atoms with Gasteiger partial charge in [-0.1, -0.05) is 48.0 Å². The lowest BCUT2D eigenvalue weighted by Gasteiger charge is -2.32. The average molecular weight is 357 g/mol. The van der Waals surface area contributed by atoms with E-state index in [1.54, 1.807) is 0 Å². The Kier molecular flexibility index (Phi) is 6.11. The maximum atomic E-state index is 12.6. The summed E-state index contributed by atoms with van der Waals surface area (Å²) in [4.78, 5) is 14.9. The van der Waals surface area contributed by atoms with Gasteiger partial charge in [0.15, 0.2) is 0 Å². The highest BCUT2D eigenvalue weighted by atomic mass is 35.5. The molecule has 2 aromatic carbocycles. The number of nitrogens with zero attached hydrogens (tertiary/aromatic N) is 1. The number of likely N-dealkylation sites (tertiary alicyclic amines) is 1. The Morgan fingerprint density at radius 3 is 2.88 bits per heavy atom. The molecule has 0 spiro atoms. The summed E-state index contributed by atoms with van der Waals surface area (Å²) in [5, 5.41) is 3.88. The molecular weight excluding hydrogens is 332 g/mol. The van der Waals surface area contributed by atoms with E-state index in [-0.39, 0.29) is 11.8 Å². The Balaban J connectivity index is 1.53. The van der Waals surface area contributed by atoms with E-state index in [9.17, 15) is 4.79 Å². The normalized spacial score (nSPS) is 18.1. The topological polar surface area (TPSA) is 32.3 Å². The minimum absolute atomic E-state index is 0.0666. The van der Waals surface area contributed by atoms with Gasteiger partial charge in [-0.05, 0) is 55.1 Å². The van der Waals surface area contributed by atoms with Crippen molar-refractivity contribution >= 4 is 17.5 Å². The zero-order valence-electron chi connectivity index (χ0n) is 14.7. The fraction of sp³-hybridized carbons (Fsp3) is 0.381. The standard InChI is InChI=1S/C21H25ClN2O/c1-16-6-2-3-8-18(16)13-23-21(25)19-9-5-11-24(15-19)14-17-7-4-10-20(22)12-17/h2-4,6-8,10,12,19H,5,9,11,13-15H2,1H3,(H,23,25). The molecule has 0 aromatic heterocycles. The second-order valence-corrected chi connectivity index (χ2v) is 7.28. The van der Waals surface area contributed by atoms with Gasteiger partial charge >= 0.3 is 0 Å². The van der Waals surface area contributed by atoms with Crippen LogP contribution in [0.15, 0.2) is 48.5 Å². The molecule has 1 fully saturated rings. The van der Waals surface area contributed by atoms with E-state index in [0.29, 0.717) is 6.54 Å². The fourth-order valence-corrected chi connectivity index (χ4v) is 3.65. The summed E-state index contributed by atoms with van der Waals surface area (Å²) in [6, 6.07) is 16.2. The molecule has 132 valence electrons. The van der Waals surface area contributed by atoms with Crippen molar-refractivity contribution in [2.24, 2.45) is 5.92 Å². The first-order chi connectivity index (χ1) is 12.1. The van der Waals surface area contributed by atoms with E-state index in [1.807, 2.05) is 30.3 Å². The predicted molar refractivity (Wildman–Crippen MR) is 102 cm³/mol. The first kappa shape index (κ1) is 18.0. The second kappa shape index (κ2) is 8.50. The molecule has 1 atom stereocenters. The summed E-state index contributed by atoms with van der Waals surface area (Å²) in [7, 11) is 0. The van der Waals surface area contributed by atoms with Crippen molar-refractivity contribution in [2.75, 3.05) is 13.1 Å². The van der Waals surface area contributed by atoms with Crippen LogP contribution in [0, 0.1) is 12.8 Å². The van der Waals surface area contributed by atoms with E-state index in [0.717, 1.165) is 37.5 Å². The third kappa shape index (κ3) is 5.07. The Morgan fingerprint density at radius 1 is 1.24 bits per heavy atom. The summed E-state index contributed by atoms with van der Waals surface area (Å²) in [5.41, 5.74) is 3.60. The van der Waals surface area contributed by atoms with Crippen LogP contribution in [-0.4, -0.2) is 23.9 Å². The van der Waals surface area contributed by atoms with Crippen LogP contribution in [0.1, 0.15) is 29.5 Å². The number of hydrogen-bond donors (Lipinski definition) is 1. The number of nitrogens with one attached hydrogen (secondary N) is 1. The predicted octanol–water partition coefficient (Wildman–Crippen LogP) is 4.18. The minimum Gasteiger partial charge on any atom is -0.352 e. The molecule has 4 heteroatoms. The van der Waals surface area contributed by atoms with Crippen molar-refractivity contribution in [1.82, 2.24) is 10.2 Å². The quantitative estimate of drug-likeness (QED) is 0.871. The second-order valence-electron chi connectivity index (χ2n) is 6.85. The third-order valence-corrected chi connectivity index (χ3v) is 5.12. The molecular formula is C21H25ClN2O. The number of piperidine rings is 1. The molecule has 1 N–H and O–H groups in total. The molecule has 1 amide bonds. The molecule has 1 saturated heterocycles. The molecule has 0 saturated carbocycles. The van der Waals surface area contributed by atoms with Crippen molar-refractivity contribution in [3.63, 3.8) is 0 Å². The molecule has 1 unspecified atom stereocenters. The molecule has 3 rings (SSSR count). The van der Waals surface area contributed by atoms with Crippen LogP contribution < -0.4 is 5.32 Å². The van der Waals surface area contributed by atoms with Gasteiger partial charge in [0.2, 0.25) is 5.91 Å². The lowest BCUT2D eigenvalue weighted by molar-refractivity contribution is -0.126. The zero-order chi connectivity index (χ0) is 17.6. The first-order valence-electron chi connectivity index (χ1n) is 8.91. The number of carbonyl (C=O) groups is 1. The molecule has 1 heterocycles. The van der Waals surface area contributed by atoms with Crippen molar-refractivity contribution < 1.29 is 4.79 Å². The van der Waals surface area contributed by atoms with E-state index in [2.05, 4.69) is 35.3 Å². The summed E-state index contributed by atoms with van der Waals surface area (Å²) >= 11 is 6.07. The Morgan fingerprint density at radius 2 is 2.08 bits per heavy atom. The largest absolute Gasteiger partial charge is 0.352 e. The first-order valence-corrected chi connectivity index (χ1v) is 9.28. The zero-order valence-corrected chi connectivity index (χ0v) is 15.4. The molecule has 0 aliphatic carbocycles. The highest BCUT2D eigenvalue weighted by Gasteiger charge is 2.25. The van der Waals surface area contributed by atoms with Crippen LogP contribution >= 0.6 is 11.6 Å². The number of benzene rings is 2. The molecule has 0 bridgehead atoms. The van der Waals surface area contributed by atoms with Crippen LogP contribution in [-0.2, 0) is 17.9 Å². The lowest BCUT2D eigenvalue weighted by Crippen LogP contribution is -2.42. The lowest BCUT2D eigenvalue weighted by atomic mass is 9.96. The van der Waals surface area contributed by atoms with Crippen molar-refractivity contribution in [2.45, 2.75) is 32.9 Å². The van der Waals surface area contributed by atoms with Gasteiger partial charge in [0.05, 0.1) is 5.92 Å². The number of aryl methyl sites for hydroxylation is 1. The Bertz CT molecular complexity index is 731. The molecule has 25 heavy (non-hydrogen) atoms. The highest BCUT2D eigenvalue weighted by Crippen LogP contribution is 2.20. The molecule has 0 radical (unpaired) electrons. The summed E-state index contributed by atoms with van der Waals surface area (Å²) < 4.78 is 0. The SMILES string of the molecule is Cc1ccccc1CNC(=O)C1CCCN(Cc2cccc(Cl)c2)C1. The van der Waals surface area contributed by atoms with Gasteiger partial charge < -0.3 is 5.32 Å². The number of amides is 1. The van der Waals surface area contributed by atoms with Gasteiger partial charge in [-0.3, -0.25) is 9.69 Å². The average Bonchev–Trinajstić information content (AvgIpc) is 2.61. The van der Waals surface area contributed by atoms with Crippen molar-refractivity contribution in [1.29, 1.82) is 0 Å². The van der Waals surface area contributed by atoms with Crippen LogP contribution in [0.2, 0.25) is 5.02 Å². The minimum atomic E-state index is 0.0666. The van der Waals surface area contributed by atoms with Gasteiger partial charge in [-0.15, -0.1) is 0 Å². The summed E-state index contributed by atoms with van der Waals surface area (Å²) in [6.07, 6.45) is 2.02. The van der Waals surface area contributed by atoms with Crippen LogP contribution in [0.3, 0.4) is 0 Å². The van der Waals surface area contributed by atoms with Crippen LogP contribution in [0.25, 0.3) is 0 Å². The molecule has 3 nitrogen and oxygen atoms in total. The molecule has 1 aliphatic rings. The van der Waals surface area contributed by atoms with E-state index < -0.39 is 0 Å². The fourth-order valence-electron chi connectivity index (χ4n) is 3.44. The van der Waals surface area contributed by atoms with Crippen LogP contribution in [0.4, 0.5) is 0 Å². The monoisotopic (exact) mass is 356 g/mol. The maximum Gasteiger partial charge on any atom is 0.224 e. The van der Waals surface area contributed by atoms with Gasteiger partial charge in [0.25, 0.3) is 0 Å². The summed E-state index contributed by atoms with van der Waals surface area (Å²) in [6.45, 7) is 5.38.